The molecule has 33 heavy (non-hydrogen) atoms. The summed E-state index contributed by atoms with van der Waals surface area (Å²) in [6.07, 6.45) is 5.57. The lowest BCUT2D eigenvalue weighted by molar-refractivity contribution is -0.138. The fourth-order valence-corrected chi connectivity index (χ4v) is 5.03. The number of hydrogen-bond acceptors (Lipinski definition) is 6. The lowest BCUT2D eigenvalue weighted by atomic mass is 10.0. The molecule has 3 amide bonds. The number of carbonyl (C=O) groups excluding carboxylic acids is 3. The molecule has 178 valence electrons. The number of imide groups is 1. The average Bonchev–Trinajstić information content (AvgIpc) is 3.12. The van der Waals surface area contributed by atoms with Gasteiger partial charge in [-0.2, -0.15) is 0 Å². The first-order chi connectivity index (χ1) is 15.9. The van der Waals surface area contributed by atoms with Crippen molar-refractivity contribution in [3.05, 3.63) is 29.3 Å². The number of nitrogens with zero attached hydrogens (tertiary/aromatic N) is 2. The lowest BCUT2D eigenvalue weighted by Gasteiger charge is -2.33. The molecule has 0 aliphatic carbocycles. The Morgan fingerprint density at radius 1 is 1.09 bits per heavy atom. The van der Waals surface area contributed by atoms with Crippen molar-refractivity contribution >= 4 is 29.4 Å². The zero-order chi connectivity index (χ0) is 23.4. The highest BCUT2D eigenvalue weighted by Gasteiger charge is 2.40. The number of piperidine rings is 2. The molecule has 0 radical (unpaired) electrons. The van der Waals surface area contributed by atoms with E-state index in [1.165, 1.54) is 0 Å². The van der Waals surface area contributed by atoms with Crippen LogP contribution in [0.25, 0.3) is 0 Å². The quantitative estimate of drug-likeness (QED) is 0.384. The van der Waals surface area contributed by atoms with E-state index in [1.807, 2.05) is 18.2 Å². The predicted molar refractivity (Wildman–Crippen MR) is 122 cm³/mol. The minimum absolute atomic E-state index is 0.152. The van der Waals surface area contributed by atoms with Crippen LogP contribution in [0.2, 0.25) is 0 Å². The zero-order valence-electron chi connectivity index (χ0n) is 18.8. The summed E-state index contributed by atoms with van der Waals surface area (Å²) in [5.74, 6) is -1.55. The van der Waals surface area contributed by atoms with Gasteiger partial charge in [0.2, 0.25) is 11.8 Å². The number of fused-ring (bicyclic) bond motifs is 1. The molecule has 0 spiro atoms. The molecule has 1 unspecified atom stereocenters. The number of anilines is 1. The standard InChI is InChI=1S/C24H32N4O5/c29-21-9-8-20(23(32)26-21)28-15-18-17(24(28)33)5-4-6-19(18)25-16-10-13-27(14-11-16)12-3-1-2-7-22(30)31/h4-6,16,20,25H,1-3,7-15H2,(H,30,31)(H,26,29,32). The second-order valence-electron chi connectivity index (χ2n) is 9.20. The first-order valence-electron chi connectivity index (χ1n) is 11.9. The molecule has 9 nitrogen and oxygen atoms in total. The first-order valence-corrected chi connectivity index (χ1v) is 11.9. The van der Waals surface area contributed by atoms with E-state index in [1.54, 1.807) is 4.90 Å². The molecule has 4 rings (SSSR count). The zero-order valence-corrected chi connectivity index (χ0v) is 18.8. The molecule has 0 aromatic heterocycles. The Labute approximate surface area is 193 Å². The molecule has 2 saturated heterocycles. The van der Waals surface area contributed by atoms with Crippen molar-refractivity contribution in [1.82, 2.24) is 15.1 Å². The maximum atomic E-state index is 13.0. The number of aliphatic carboxylic acids is 1. The number of likely N-dealkylation sites (tertiary alicyclic amines) is 1. The van der Waals surface area contributed by atoms with Gasteiger partial charge in [-0.25, -0.2) is 0 Å². The van der Waals surface area contributed by atoms with Crippen LogP contribution in [0.15, 0.2) is 18.2 Å². The Balaban J connectivity index is 1.29. The highest BCUT2D eigenvalue weighted by Crippen LogP contribution is 2.33. The molecule has 3 heterocycles. The summed E-state index contributed by atoms with van der Waals surface area (Å²) in [6.45, 7) is 3.36. The molecule has 9 heteroatoms. The SMILES string of the molecule is O=C(O)CCCCCN1CCC(Nc2cccc3c2CN(C2CCC(=O)NC2=O)C3=O)CC1. The van der Waals surface area contributed by atoms with E-state index in [2.05, 4.69) is 15.5 Å². The van der Waals surface area contributed by atoms with Crippen LogP contribution < -0.4 is 10.6 Å². The van der Waals surface area contributed by atoms with E-state index in [-0.39, 0.29) is 24.7 Å². The van der Waals surface area contributed by atoms with Crippen LogP contribution >= 0.6 is 0 Å². The number of carbonyl (C=O) groups is 4. The van der Waals surface area contributed by atoms with Crippen LogP contribution in [-0.4, -0.2) is 70.3 Å². The molecule has 0 saturated carbocycles. The van der Waals surface area contributed by atoms with Crippen molar-refractivity contribution in [2.45, 2.75) is 70.0 Å². The van der Waals surface area contributed by atoms with Crippen LogP contribution in [-0.2, 0) is 20.9 Å². The van der Waals surface area contributed by atoms with Crippen LogP contribution in [0.3, 0.4) is 0 Å². The third-order valence-electron chi connectivity index (χ3n) is 6.89. The van der Waals surface area contributed by atoms with Gasteiger partial charge in [0.1, 0.15) is 6.04 Å². The number of nitrogens with one attached hydrogen (secondary N) is 2. The monoisotopic (exact) mass is 456 g/mol. The fraction of sp³-hybridized carbons (Fsp3) is 0.583. The summed E-state index contributed by atoms with van der Waals surface area (Å²) in [6, 6.07) is 5.39. The number of benzene rings is 1. The van der Waals surface area contributed by atoms with Gasteiger partial charge in [-0.05, 0) is 50.8 Å². The van der Waals surface area contributed by atoms with E-state index in [0.717, 1.165) is 63.0 Å². The second-order valence-corrected chi connectivity index (χ2v) is 9.20. The molecule has 3 aliphatic heterocycles. The fourth-order valence-electron chi connectivity index (χ4n) is 5.03. The summed E-state index contributed by atoms with van der Waals surface area (Å²) in [5, 5.41) is 14.7. The van der Waals surface area contributed by atoms with E-state index in [9.17, 15) is 19.2 Å². The molecule has 3 N–H and O–H groups in total. The van der Waals surface area contributed by atoms with Gasteiger partial charge in [0.25, 0.3) is 5.91 Å². The minimum atomic E-state index is -0.726. The Morgan fingerprint density at radius 3 is 2.61 bits per heavy atom. The van der Waals surface area contributed by atoms with Crippen molar-refractivity contribution in [3.63, 3.8) is 0 Å². The van der Waals surface area contributed by atoms with Gasteiger partial charge < -0.3 is 20.2 Å². The van der Waals surface area contributed by atoms with Gasteiger partial charge in [-0.1, -0.05) is 12.5 Å². The summed E-state index contributed by atoms with van der Waals surface area (Å²) in [5.41, 5.74) is 2.50. The normalized spacial score (nSPS) is 21.8. The van der Waals surface area contributed by atoms with E-state index >= 15 is 0 Å². The third kappa shape index (κ3) is 5.52. The number of carboxylic acid groups (broad SMARTS) is 1. The number of carboxylic acids is 1. The van der Waals surface area contributed by atoms with E-state index in [0.29, 0.717) is 24.6 Å². The molecular weight excluding hydrogens is 424 g/mol. The summed E-state index contributed by atoms with van der Waals surface area (Å²) < 4.78 is 0. The number of unbranched alkanes of at least 4 members (excludes halogenated alkanes) is 2. The maximum Gasteiger partial charge on any atom is 0.303 e. The van der Waals surface area contributed by atoms with Crippen LogP contribution in [0.4, 0.5) is 5.69 Å². The predicted octanol–water partition coefficient (Wildman–Crippen LogP) is 1.97. The molecule has 1 atom stereocenters. The smallest absolute Gasteiger partial charge is 0.303 e. The van der Waals surface area contributed by atoms with Gasteiger partial charge in [0.05, 0.1) is 0 Å². The van der Waals surface area contributed by atoms with Crippen LogP contribution in [0.1, 0.15) is 67.3 Å². The second kappa shape index (κ2) is 10.3. The lowest BCUT2D eigenvalue weighted by Crippen LogP contribution is -2.52. The highest BCUT2D eigenvalue weighted by molar-refractivity contribution is 6.06. The van der Waals surface area contributed by atoms with Crippen molar-refractivity contribution in [2.75, 3.05) is 25.0 Å². The van der Waals surface area contributed by atoms with E-state index < -0.39 is 17.9 Å². The van der Waals surface area contributed by atoms with Crippen LogP contribution in [0.5, 0.6) is 0 Å². The molecule has 0 bridgehead atoms. The molecule has 1 aromatic rings. The Morgan fingerprint density at radius 2 is 1.88 bits per heavy atom. The molecular formula is C24H32N4O5. The average molecular weight is 457 g/mol. The highest BCUT2D eigenvalue weighted by atomic mass is 16.4. The first kappa shape index (κ1) is 23.2. The van der Waals surface area contributed by atoms with Gasteiger partial charge >= 0.3 is 5.97 Å². The Kier molecular flexibility index (Phi) is 7.27. The van der Waals surface area contributed by atoms with Gasteiger partial charge in [-0.3, -0.25) is 24.5 Å². The van der Waals surface area contributed by atoms with Crippen molar-refractivity contribution < 1.29 is 24.3 Å². The van der Waals surface area contributed by atoms with Gasteiger partial charge in [0, 0.05) is 55.3 Å². The van der Waals surface area contributed by atoms with Gasteiger partial charge in [-0.15, -0.1) is 0 Å². The Hall–Kier alpha value is -2.94. The number of amides is 3. The minimum Gasteiger partial charge on any atom is -0.481 e. The van der Waals surface area contributed by atoms with Crippen molar-refractivity contribution in [2.24, 2.45) is 0 Å². The van der Waals surface area contributed by atoms with Gasteiger partial charge in [0.15, 0.2) is 0 Å². The van der Waals surface area contributed by atoms with E-state index in [4.69, 9.17) is 5.11 Å². The number of rotatable bonds is 9. The van der Waals surface area contributed by atoms with Crippen molar-refractivity contribution in [1.29, 1.82) is 0 Å². The van der Waals surface area contributed by atoms with Crippen molar-refractivity contribution in [3.8, 4) is 0 Å². The van der Waals surface area contributed by atoms with Crippen LogP contribution in [0, 0.1) is 0 Å². The topological polar surface area (TPSA) is 119 Å². The third-order valence-corrected chi connectivity index (χ3v) is 6.89. The summed E-state index contributed by atoms with van der Waals surface area (Å²) >= 11 is 0. The molecule has 1 aromatic carbocycles. The number of hydrogen-bond donors (Lipinski definition) is 3. The Bertz CT molecular complexity index is 925. The summed E-state index contributed by atoms with van der Waals surface area (Å²) in [4.78, 5) is 51.4. The maximum absolute atomic E-state index is 13.0. The molecule has 3 aliphatic rings. The summed E-state index contributed by atoms with van der Waals surface area (Å²) in [7, 11) is 0. The molecule has 2 fully saturated rings. The largest absolute Gasteiger partial charge is 0.481 e.